The monoisotopic (exact) mass is 277 g/mol. The first-order chi connectivity index (χ1) is 9.60. The molecular weight excluding hydrogens is 258 g/mol. The van der Waals surface area contributed by atoms with E-state index in [4.69, 9.17) is 9.47 Å². The zero-order valence-corrected chi connectivity index (χ0v) is 11.7. The first kappa shape index (κ1) is 14.4. The van der Waals surface area contributed by atoms with Crippen LogP contribution in [-0.2, 0) is 14.3 Å². The van der Waals surface area contributed by atoms with E-state index in [1.165, 1.54) is 0 Å². The van der Waals surface area contributed by atoms with Crippen LogP contribution in [0, 0.1) is 11.8 Å². The van der Waals surface area contributed by atoms with Crippen LogP contribution in [0.5, 0.6) is 5.75 Å². The van der Waals surface area contributed by atoms with Crippen molar-refractivity contribution in [2.45, 2.75) is 20.3 Å². The average Bonchev–Trinajstić information content (AvgIpc) is 3.15. The predicted octanol–water partition coefficient (Wildman–Crippen LogP) is 2.22. The molecule has 1 aliphatic rings. The third-order valence-corrected chi connectivity index (χ3v) is 3.21. The van der Waals surface area contributed by atoms with Gasteiger partial charge < -0.3 is 14.8 Å². The van der Waals surface area contributed by atoms with E-state index in [9.17, 15) is 9.59 Å². The van der Waals surface area contributed by atoms with Gasteiger partial charge in [0.25, 0.3) is 0 Å². The maximum absolute atomic E-state index is 11.8. The Balaban J connectivity index is 1.87. The highest BCUT2D eigenvalue weighted by Gasteiger charge is 2.39. The van der Waals surface area contributed by atoms with Gasteiger partial charge in [-0.15, -0.1) is 0 Å². The minimum Gasteiger partial charge on any atom is -0.482 e. The number of anilines is 1. The molecule has 0 aliphatic heterocycles. The molecule has 0 aromatic heterocycles. The van der Waals surface area contributed by atoms with Gasteiger partial charge in [0.05, 0.1) is 6.61 Å². The smallest absolute Gasteiger partial charge is 0.344 e. The average molecular weight is 277 g/mol. The lowest BCUT2D eigenvalue weighted by molar-refractivity contribution is -0.145. The Labute approximate surface area is 118 Å². The standard InChI is InChI=1S/C15H19NO4/c1-3-19-14(17)9-20-12-6-4-5-11(8-12)16-15(18)13-7-10(13)2/h4-6,8,10,13H,3,7,9H2,1-2H3,(H,16,18). The Hall–Kier alpha value is -2.04. The lowest BCUT2D eigenvalue weighted by Crippen LogP contribution is -2.16. The molecule has 1 aromatic rings. The number of carbonyl (C=O) groups is 2. The van der Waals surface area contributed by atoms with Gasteiger partial charge in [-0.2, -0.15) is 0 Å². The lowest BCUT2D eigenvalue weighted by atomic mass is 10.2. The molecule has 5 nitrogen and oxygen atoms in total. The molecule has 20 heavy (non-hydrogen) atoms. The van der Waals surface area contributed by atoms with E-state index in [-0.39, 0.29) is 18.4 Å². The molecule has 2 unspecified atom stereocenters. The van der Waals surface area contributed by atoms with E-state index in [1.54, 1.807) is 31.2 Å². The van der Waals surface area contributed by atoms with Crippen LogP contribution in [0.2, 0.25) is 0 Å². The third-order valence-electron chi connectivity index (χ3n) is 3.21. The number of hydrogen-bond donors (Lipinski definition) is 1. The number of hydrogen-bond acceptors (Lipinski definition) is 4. The summed E-state index contributed by atoms with van der Waals surface area (Å²) in [5, 5.41) is 2.85. The van der Waals surface area contributed by atoms with Gasteiger partial charge in [-0.05, 0) is 31.4 Å². The molecule has 1 aromatic carbocycles. The molecule has 1 fully saturated rings. The van der Waals surface area contributed by atoms with E-state index in [2.05, 4.69) is 12.2 Å². The van der Waals surface area contributed by atoms with Crippen LogP contribution < -0.4 is 10.1 Å². The van der Waals surface area contributed by atoms with Crippen LogP contribution in [0.25, 0.3) is 0 Å². The normalized spacial score (nSPS) is 20.1. The van der Waals surface area contributed by atoms with E-state index >= 15 is 0 Å². The molecule has 0 bridgehead atoms. The van der Waals surface area contributed by atoms with Crippen molar-refractivity contribution in [3.8, 4) is 5.75 Å². The molecule has 1 amide bonds. The van der Waals surface area contributed by atoms with Crippen molar-refractivity contribution in [1.82, 2.24) is 0 Å². The number of nitrogens with one attached hydrogen (secondary N) is 1. The van der Waals surface area contributed by atoms with Gasteiger partial charge in [-0.1, -0.05) is 13.0 Å². The Bertz CT molecular complexity index is 500. The Morgan fingerprint density at radius 1 is 1.40 bits per heavy atom. The summed E-state index contributed by atoms with van der Waals surface area (Å²) in [5.41, 5.74) is 0.676. The number of esters is 1. The van der Waals surface area contributed by atoms with Crippen LogP contribution in [0.1, 0.15) is 20.3 Å². The first-order valence-corrected chi connectivity index (χ1v) is 6.79. The van der Waals surface area contributed by atoms with Crippen molar-refractivity contribution in [1.29, 1.82) is 0 Å². The molecule has 2 atom stereocenters. The predicted molar refractivity (Wildman–Crippen MR) is 74.5 cm³/mol. The fraction of sp³-hybridized carbons (Fsp3) is 0.467. The summed E-state index contributed by atoms with van der Waals surface area (Å²) in [5.74, 6) is 0.755. The molecule has 1 aliphatic carbocycles. The molecule has 5 heteroatoms. The van der Waals surface area contributed by atoms with Gasteiger partial charge in [0.1, 0.15) is 5.75 Å². The summed E-state index contributed by atoms with van der Waals surface area (Å²) in [6, 6.07) is 6.99. The Kier molecular flexibility index (Phi) is 4.61. The molecule has 108 valence electrons. The number of carbonyl (C=O) groups excluding carboxylic acids is 2. The van der Waals surface area contributed by atoms with Gasteiger partial charge in [-0.3, -0.25) is 4.79 Å². The van der Waals surface area contributed by atoms with Crippen molar-refractivity contribution in [3.05, 3.63) is 24.3 Å². The number of amides is 1. The highest BCUT2D eigenvalue weighted by Crippen LogP contribution is 2.38. The molecule has 0 spiro atoms. The zero-order valence-electron chi connectivity index (χ0n) is 11.7. The van der Waals surface area contributed by atoms with E-state index in [0.717, 1.165) is 6.42 Å². The number of rotatable bonds is 6. The van der Waals surface area contributed by atoms with E-state index in [1.807, 2.05) is 0 Å². The second kappa shape index (κ2) is 6.41. The zero-order chi connectivity index (χ0) is 14.5. The van der Waals surface area contributed by atoms with Gasteiger partial charge in [0, 0.05) is 17.7 Å². The Morgan fingerprint density at radius 3 is 2.80 bits per heavy atom. The van der Waals surface area contributed by atoms with Crippen molar-refractivity contribution in [3.63, 3.8) is 0 Å². The minimum atomic E-state index is -0.409. The Morgan fingerprint density at radius 2 is 2.15 bits per heavy atom. The molecule has 0 radical (unpaired) electrons. The second-order valence-electron chi connectivity index (χ2n) is 4.93. The molecule has 0 saturated heterocycles. The van der Waals surface area contributed by atoms with Gasteiger partial charge in [0.15, 0.2) is 6.61 Å². The maximum atomic E-state index is 11.8. The number of benzene rings is 1. The van der Waals surface area contributed by atoms with Gasteiger partial charge >= 0.3 is 5.97 Å². The SMILES string of the molecule is CCOC(=O)COc1cccc(NC(=O)C2CC2C)c1. The van der Waals surface area contributed by atoms with Crippen LogP contribution in [0.3, 0.4) is 0 Å². The molecule has 2 rings (SSSR count). The van der Waals surface area contributed by atoms with Crippen molar-refractivity contribution < 1.29 is 19.1 Å². The van der Waals surface area contributed by atoms with E-state index < -0.39 is 5.97 Å². The lowest BCUT2D eigenvalue weighted by Gasteiger charge is -2.08. The quantitative estimate of drug-likeness (QED) is 0.810. The highest BCUT2D eigenvalue weighted by molar-refractivity contribution is 5.94. The molecule has 1 N–H and O–H groups in total. The van der Waals surface area contributed by atoms with Gasteiger partial charge in [0.2, 0.25) is 5.91 Å². The highest BCUT2D eigenvalue weighted by atomic mass is 16.6. The van der Waals surface area contributed by atoms with Crippen LogP contribution in [0.4, 0.5) is 5.69 Å². The summed E-state index contributed by atoms with van der Waals surface area (Å²) >= 11 is 0. The summed E-state index contributed by atoms with van der Waals surface area (Å²) < 4.78 is 10.1. The summed E-state index contributed by atoms with van der Waals surface area (Å²) in [6.45, 7) is 4.00. The minimum absolute atomic E-state index is 0.0417. The molecular formula is C15H19NO4. The fourth-order valence-electron chi connectivity index (χ4n) is 1.93. The summed E-state index contributed by atoms with van der Waals surface area (Å²) in [6.07, 6.45) is 0.949. The molecule has 0 heterocycles. The first-order valence-electron chi connectivity index (χ1n) is 6.79. The van der Waals surface area contributed by atoms with Crippen molar-refractivity contribution >= 4 is 17.6 Å². The van der Waals surface area contributed by atoms with Gasteiger partial charge in [-0.25, -0.2) is 4.79 Å². The van der Waals surface area contributed by atoms with E-state index in [0.29, 0.717) is 24.0 Å². The van der Waals surface area contributed by atoms with Crippen LogP contribution in [0.15, 0.2) is 24.3 Å². The third kappa shape index (κ3) is 3.98. The van der Waals surface area contributed by atoms with Crippen molar-refractivity contribution in [2.75, 3.05) is 18.5 Å². The fourth-order valence-corrected chi connectivity index (χ4v) is 1.93. The largest absolute Gasteiger partial charge is 0.482 e. The summed E-state index contributed by atoms with van der Waals surface area (Å²) in [7, 11) is 0. The van der Waals surface area contributed by atoms with Crippen LogP contribution in [-0.4, -0.2) is 25.1 Å². The topological polar surface area (TPSA) is 64.6 Å². The van der Waals surface area contributed by atoms with Crippen molar-refractivity contribution in [2.24, 2.45) is 11.8 Å². The van der Waals surface area contributed by atoms with Crippen LogP contribution >= 0.6 is 0 Å². The number of ether oxygens (including phenoxy) is 2. The maximum Gasteiger partial charge on any atom is 0.344 e. The molecule has 1 saturated carbocycles. The summed E-state index contributed by atoms with van der Waals surface area (Å²) in [4.78, 5) is 23.0. The second-order valence-corrected chi connectivity index (χ2v) is 4.93.